The normalized spacial score (nSPS) is 13.6. The zero-order valence-electron chi connectivity index (χ0n) is 6.98. The summed E-state index contributed by atoms with van der Waals surface area (Å²) in [6, 6.07) is -1.27. The first kappa shape index (κ1) is 11.8. The van der Waals surface area contributed by atoms with Crippen molar-refractivity contribution >= 4 is 21.8 Å². The summed E-state index contributed by atoms with van der Waals surface area (Å²) in [6.07, 6.45) is 0.409. The van der Waals surface area contributed by atoms with Crippen molar-refractivity contribution in [2.45, 2.75) is 12.5 Å². The van der Waals surface area contributed by atoms with Gasteiger partial charge in [-0.05, 0) is 0 Å². The number of carbonyl (C=O) groups is 2. The van der Waals surface area contributed by atoms with Gasteiger partial charge in [0.25, 0.3) is 0 Å². The van der Waals surface area contributed by atoms with Gasteiger partial charge in [-0.2, -0.15) is 0 Å². The maximum atomic E-state index is 10.7. The zero-order valence-corrected chi connectivity index (χ0v) is 7.80. The van der Waals surface area contributed by atoms with Crippen LogP contribution in [0.2, 0.25) is 0 Å². The van der Waals surface area contributed by atoms with Crippen LogP contribution in [0.1, 0.15) is 6.42 Å². The van der Waals surface area contributed by atoms with Gasteiger partial charge in [0.2, 0.25) is 21.8 Å². The van der Waals surface area contributed by atoms with Crippen LogP contribution in [0.5, 0.6) is 0 Å². The van der Waals surface area contributed by atoms with Gasteiger partial charge in [0.15, 0.2) is 0 Å². The molecule has 0 heterocycles. The Bertz CT molecular complexity index is 310. The van der Waals surface area contributed by atoms with Crippen LogP contribution in [0.25, 0.3) is 0 Å². The lowest BCUT2D eigenvalue weighted by Crippen LogP contribution is -2.46. The SMILES string of the molecule is CS(=O)(=O)N[C@H](CC(N)=O)C(N)=O. The van der Waals surface area contributed by atoms with E-state index < -0.39 is 34.3 Å². The summed E-state index contributed by atoms with van der Waals surface area (Å²) >= 11 is 0. The predicted molar refractivity (Wildman–Crippen MR) is 44.8 cm³/mol. The standard InChI is InChI=1S/C5H11N3O4S/c1-13(11,12)8-3(5(7)10)2-4(6)9/h3,8H,2H2,1H3,(H2,6,9)(H2,7,10)/t3-/m1/s1. The molecule has 0 fully saturated rings. The molecule has 0 radical (unpaired) electrons. The smallest absolute Gasteiger partial charge is 0.236 e. The largest absolute Gasteiger partial charge is 0.370 e. The summed E-state index contributed by atoms with van der Waals surface area (Å²) in [6.45, 7) is 0. The monoisotopic (exact) mass is 209 g/mol. The van der Waals surface area contributed by atoms with Crippen LogP contribution in [0.4, 0.5) is 0 Å². The molecule has 0 saturated carbocycles. The lowest BCUT2D eigenvalue weighted by Gasteiger charge is -2.11. The lowest BCUT2D eigenvalue weighted by molar-refractivity contribution is -0.124. The van der Waals surface area contributed by atoms with Gasteiger partial charge in [-0.25, -0.2) is 13.1 Å². The third-order valence-corrected chi connectivity index (χ3v) is 1.82. The van der Waals surface area contributed by atoms with E-state index in [1.165, 1.54) is 0 Å². The second kappa shape index (κ2) is 4.19. The molecule has 0 saturated heterocycles. The quantitative estimate of drug-likeness (QED) is 0.453. The molecule has 13 heavy (non-hydrogen) atoms. The highest BCUT2D eigenvalue weighted by Gasteiger charge is 2.21. The fourth-order valence-corrected chi connectivity index (χ4v) is 1.38. The van der Waals surface area contributed by atoms with Crippen LogP contribution in [0.3, 0.4) is 0 Å². The number of hydrogen-bond donors (Lipinski definition) is 3. The third-order valence-electron chi connectivity index (χ3n) is 1.11. The minimum Gasteiger partial charge on any atom is -0.370 e. The molecule has 0 aliphatic heterocycles. The van der Waals surface area contributed by atoms with Crippen LogP contribution in [0, 0.1) is 0 Å². The molecule has 2 amide bonds. The Balaban J connectivity index is 4.45. The zero-order chi connectivity index (χ0) is 10.6. The van der Waals surface area contributed by atoms with E-state index in [2.05, 4.69) is 0 Å². The van der Waals surface area contributed by atoms with Crippen LogP contribution in [0.15, 0.2) is 0 Å². The summed E-state index contributed by atoms with van der Waals surface area (Å²) in [5, 5.41) is 0. The van der Waals surface area contributed by atoms with Crippen molar-refractivity contribution < 1.29 is 18.0 Å². The highest BCUT2D eigenvalue weighted by Crippen LogP contribution is 1.92. The van der Waals surface area contributed by atoms with Crippen LogP contribution >= 0.6 is 0 Å². The molecular weight excluding hydrogens is 198 g/mol. The molecule has 0 spiro atoms. The molecule has 7 nitrogen and oxygen atoms in total. The van der Waals surface area contributed by atoms with Gasteiger partial charge in [-0.15, -0.1) is 0 Å². The Morgan fingerprint density at radius 1 is 1.38 bits per heavy atom. The van der Waals surface area contributed by atoms with Crippen LogP contribution in [-0.2, 0) is 19.6 Å². The number of carbonyl (C=O) groups excluding carboxylic acids is 2. The molecule has 0 bridgehead atoms. The summed E-state index contributed by atoms with van der Waals surface area (Å²) in [4.78, 5) is 21.0. The summed E-state index contributed by atoms with van der Waals surface area (Å²) < 4.78 is 23.2. The number of hydrogen-bond acceptors (Lipinski definition) is 4. The van der Waals surface area contributed by atoms with E-state index in [1.807, 2.05) is 4.72 Å². The van der Waals surface area contributed by atoms with Crippen molar-refractivity contribution in [3.8, 4) is 0 Å². The summed E-state index contributed by atoms with van der Waals surface area (Å²) in [5.41, 5.74) is 9.59. The maximum absolute atomic E-state index is 10.7. The first-order valence-electron chi connectivity index (χ1n) is 3.27. The second-order valence-electron chi connectivity index (χ2n) is 2.52. The van der Waals surface area contributed by atoms with E-state index in [4.69, 9.17) is 11.5 Å². The Morgan fingerprint density at radius 2 is 1.85 bits per heavy atom. The molecule has 0 rings (SSSR count). The topological polar surface area (TPSA) is 132 Å². The molecule has 1 atom stereocenters. The highest BCUT2D eigenvalue weighted by atomic mass is 32.2. The van der Waals surface area contributed by atoms with Crippen molar-refractivity contribution in [3.05, 3.63) is 0 Å². The molecule has 0 aromatic heterocycles. The van der Waals surface area contributed by atoms with Gasteiger partial charge in [-0.1, -0.05) is 0 Å². The van der Waals surface area contributed by atoms with Gasteiger partial charge >= 0.3 is 0 Å². The first-order chi connectivity index (χ1) is 5.72. The van der Waals surface area contributed by atoms with Gasteiger partial charge in [0, 0.05) is 0 Å². The van der Waals surface area contributed by atoms with Crippen molar-refractivity contribution in [2.24, 2.45) is 11.5 Å². The fraction of sp³-hybridized carbons (Fsp3) is 0.600. The number of nitrogens with two attached hydrogens (primary N) is 2. The number of nitrogens with one attached hydrogen (secondary N) is 1. The van der Waals surface area contributed by atoms with E-state index >= 15 is 0 Å². The van der Waals surface area contributed by atoms with Gasteiger partial charge in [-0.3, -0.25) is 9.59 Å². The Kier molecular flexibility index (Phi) is 3.82. The molecule has 0 aliphatic carbocycles. The number of amides is 2. The molecule has 0 aromatic carbocycles. The molecule has 0 aromatic rings. The lowest BCUT2D eigenvalue weighted by atomic mass is 10.2. The molecule has 0 unspecified atom stereocenters. The number of rotatable bonds is 5. The predicted octanol–water partition coefficient (Wildman–Crippen LogP) is -2.74. The van der Waals surface area contributed by atoms with E-state index in [0.29, 0.717) is 0 Å². The first-order valence-corrected chi connectivity index (χ1v) is 5.16. The molecule has 5 N–H and O–H groups in total. The molecular formula is C5H11N3O4S. The van der Waals surface area contributed by atoms with Gasteiger partial charge < -0.3 is 11.5 Å². The molecule has 0 aliphatic rings. The fourth-order valence-electron chi connectivity index (χ4n) is 0.660. The minimum absolute atomic E-state index is 0.442. The average molecular weight is 209 g/mol. The minimum atomic E-state index is -3.57. The Hall–Kier alpha value is -1.15. The van der Waals surface area contributed by atoms with Gasteiger partial charge in [0.1, 0.15) is 6.04 Å². The average Bonchev–Trinajstić information content (AvgIpc) is 1.81. The molecule has 76 valence electrons. The van der Waals surface area contributed by atoms with Crippen molar-refractivity contribution in [2.75, 3.05) is 6.26 Å². The van der Waals surface area contributed by atoms with E-state index in [9.17, 15) is 18.0 Å². The Labute approximate surface area is 75.5 Å². The summed E-state index contributed by atoms with van der Waals surface area (Å²) in [5.74, 6) is -1.75. The second-order valence-corrected chi connectivity index (χ2v) is 4.30. The van der Waals surface area contributed by atoms with Gasteiger partial charge in [0.05, 0.1) is 12.7 Å². The van der Waals surface area contributed by atoms with Crippen molar-refractivity contribution in [3.63, 3.8) is 0 Å². The third kappa shape index (κ3) is 6.05. The number of primary amides is 2. The van der Waals surface area contributed by atoms with E-state index in [-0.39, 0.29) is 0 Å². The number of sulfonamides is 1. The highest BCUT2D eigenvalue weighted by molar-refractivity contribution is 7.88. The summed E-state index contributed by atoms with van der Waals surface area (Å²) in [7, 11) is -3.57. The van der Waals surface area contributed by atoms with Crippen LogP contribution < -0.4 is 16.2 Å². The van der Waals surface area contributed by atoms with Crippen LogP contribution in [-0.4, -0.2) is 32.5 Å². The molecule has 8 heteroatoms. The van der Waals surface area contributed by atoms with Crippen molar-refractivity contribution in [1.82, 2.24) is 4.72 Å². The Morgan fingerprint density at radius 3 is 2.08 bits per heavy atom. The van der Waals surface area contributed by atoms with E-state index in [0.717, 1.165) is 6.26 Å². The van der Waals surface area contributed by atoms with Crippen molar-refractivity contribution in [1.29, 1.82) is 0 Å². The van der Waals surface area contributed by atoms with E-state index in [1.54, 1.807) is 0 Å². The maximum Gasteiger partial charge on any atom is 0.236 e.